The number of hydrogen-bond acceptors (Lipinski definition) is 9. The fraction of sp³-hybridized carbons (Fsp3) is 0.541. The molecule has 0 bridgehead atoms. The Kier molecular flexibility index (Phi) is 10.3. The first-order valence-corrected chi connectivity index (χ1v) is 17.0. The molecular formula is C37H49N5O5. The quantitative estimate of drug-likeness (QED) is 0.280. The molecule has 0 N–H and O–H groups in total. The number of fused-ring (bicyclic) bond motifs is 1. The van der Waals surface area contributed by atoms with E-state index in [0.717, 1.165) is 38.2 Å². The molecule has 3 aliphatic rings. The Balaban J connectivity index is 1.37. The zero-order chi connectivity index (χ0) is 33.0. The van der Waals surface area contributed by atoms with Crippen molar-refractivity contribution in [3.63, 3.8) is 0 Å². The van der Waals surface area contributed by atoms with Crippen LogP contribution in [0.2, 0.25) is 0 Å². The maximum atomic E-state index is 13.9. The molecule has 1 amide bonds. The van der Waals surface area contributed by atoms with Crippen molar-refractivity contribution in [3.05, 3.63) is 77.4 Å². The SMILES string of the molecule is CCOc1nc(OC)c(CN2C[C@@H]3CN(C(=O)C4(CC)COC4)CCN3[C@H](C(c3ccccc3)c3ccccc3)C2)c(OC(C)C)n1. The summed E-state index contributed by atoms with van der Waals surface area (Å²) in [6, 6.07) is 22.2. The summed E-state index contributed by atoms with van der Waals surface area (Å²) >= 11 is 0. The number of carbonyl (C=O) groups is 1. The van der Waals surface area contributed by atoms with E-state index < -0.39 is 0 Å². The lowest BCUT2D eigenvalue weighted by molar-refractivity contribution is -0.177. The molecule has 2 aromatic carbocycles. The Morgan fingerprint density at radius 1 is 0.936 bits per heavy atom. The van der Waals surface area contributed by atoms with Gasteiger partial charge in [0.15, 0.2) is 0 Å². The monoisotopic (exact) mass is 643 g/mol. The first-order valence-electron chi connectivity index (χ1n) is 17.0. The summed E-state index contributed by atoms with van der Waals surface area (Å²) in [5.74, 6) is 1.30. The van der Waals surface area contributed by atoms with Gasteiger partial charge in [-0.1, -0.05) is 67.6 Å². The van der Waals surface area contributed by atoms with Crippen LogP contribution in [0, 0.1) is 5.41 Å². The van der Waals surface area contributed by atoms with Crippen LogP contribution < -0.4 is 14.2 Å². The number of amides is 1. The third-order valence-electron chi connectivity index (χ3n) is 9.85. The lowest BCUT2D eigenvalue weighted by Crippen LogP contribution is -2.69. The van der Waals surface area contributed by atoms with Crippen molar-refractivity contribution in [2.75, 3.05) is 59.7 Å². The predicted molar refractivity (Wildman–Crippen MR) is 180 cm³/mol. The molecule has 3 aliphatic heterocycles. The molecule has 3 saturated heterocycles. The number of methoxy groups -OCH3 is 1. The molecule has 3 aromatic rings. The van der Waals surface area contributed by atoms with Crippen molar-refractivity contribution in [2.24, 2.45) is 5.41 Å². The smallest absolute Gasteiger partial charge is 0.323 e. The molecule has 0 aliphatic carbocycles. The molecule has 10 nitrogen and oxygen atoms in total. The van der Waals surface area contributed by atoms with Crippen LogP contribution >= 0.6 is 0 Å². The second kappa shape index (κ2) is 14.6. The van der Waals surface area contributed by atoms with Gasteiger partial charge in [-0.25, -0.2) is 0 Å². The van der Waals surface area contributed by atoms with E-state index in [1.54, 1.807) is 7.11 Å². The van der Waals surface area contributed by atoms with Gasteiger partial charge in [-0.15, -0.1) is 0 Å². The van der Waals surface area contributed by atoms with E-state index in [2.05, 4.69) is 92.3 Å². The number of benzene rings is 2. The zero-order valence-electron chi connectivity index (χ0n) is 28.4. The van der Waals surface area contributed by atoms with Crippen LogP contribution in [0.15, 0.2) is 60.7 Å². The molecule has 0 unspecified atom stereocenters. The molecule has 0 spiro atoms. The largest absolute Gasteiger partial charge is 0.481 e. The predicted octanol–water partition coefficient (Wildman–Crippen LogP) is 4.63. The van der Waals surface area contributed by atoms with Crippen molar-refractivity contribution in [3.8, 4) is 17.8 Å². The van der Waals surface area contributed by atoms with Gasteiger partial charge in [0.1, 0.15) is 0 Å². The Morgan fingerprint density at radius 3 is 2.15 bits per heavy atom. The number of hydrogen-bond donors (Lipinski definition) is 0. The number of aromatic nitrogens is 2. The Hall–Kier alpha value is -3.73. The fourth-order valence-electron chi connectivity index (χ4n) is 7.41. The highest BCUT2D eigenvalue weighted by Crippen LogP contribution is 2.39. The lowest BCUT2D eigenvalue weighted by atomic mass is 9.80. The van der Waals surface area contributed by atoms with Gasteiger partial charge >= 0.3 is 6.01 Å². The van der Waals surface area contributed by atoms with Gasteiger partial charge < -0.3 is 23.8 Å². The Bertz CT molecular complexity index is 1440. The van der Waals surface area contributed by atoms with Gasteiger partial charge in [-0.05, 0) is 38.3 Å². The van der Waals surface area contributed by atoms with Crippen LogP contribution in [0.5, 0.6) is 17.8 Å². The number of nitrogens with zero attached hydrogens (tertiary/aromatic N) is 5. The summed E-state index contributed by atoms with van der Waals surface area (Å²) in [5.41, 5.74) is 2.98. The van der Waals surface area contributed by atoms with E-state index in [9.17, 15) is 4.79 Å². The van der Waals surface area contributed by atoms with Crippen LogP contribution in [0.1, 0.15) is 56.7 Å². The van der Waals surface area contributed by atoms with Gasteiger partial charge in [0.25, 0.3) is 0 Å². The van der Waals surface area contributed by atoms with Gasteiger partial charge in [-0.2, -0.15) is 9.97 Å². The molecule has 0 saturated carbocycles. The second-order valence-electron chi connectivity index (χ2n) is 13.2. The standard InChI is InChI=1S/C37H49N5O5/c1-6-37(24-45-25-37)35(43)41-18-19-42-29(21-41)20-40(22-30-33(44-5)38-36(46-7-2)39-34(30)47-26(3)4)23-31(42)32(27-14-10-8-11-15-27)28-16-12-9-13-17-28/h8-17,26,29,31-32H,6-7,18-25H2,1-5H3/t29-,31+/m1/s1. The van der Waals surface area contributed by atoms with E-state index in [1.807, 2.05) is 20.8 Å². The highest BCUT2D eigenvalue weighted by Gasteiger charge is 2.49. The maximum absolute atomic E-state index is 13.9. The Labute approximate surface area is 279 Å². The fourth-order valence-corrected chi connectivity index (χ4v) is 7.41. The number of carbonyl (C=O) groups excluding carboxylic acids is 1. The summed E-state index contributed by atoms with van der Waals surface area (Å²) in [4.78, 5) is 30.4. The van der Waals surface area contributed by atoms with Gasteiger partial charge in [0.05, 0.1) is 44.0 Å². The van der Waals surface area contributed by atoms with E-state index in [4.69, 9.17) is 18.9 Å². The van der Waals surface area contributed by atoms with E-state index in [1.165, 1.54) is 11.1 Å². The van der Waals surface area contributed by atoms with Crippen molar-refractivity contribution in [1.29, 1.82) is 0 Å². The molecule has 2 atom stereocenters. The van der Waals surface area contributed by atoms with E-state index in [-0.39, 0.29) is 41.4 Å². The summed E-state index contributed by atoms with van der Waals surface area (Å²) in [7, 11) is 1.63. The lowest BCUT2D eigenvalue weighted by Gasteiger charge is -2.55. The first-order chi connectivity index (χ1) is 22.9. The van der Waals surface area contributed by atoms with Crippen LogP contribution in [-0.4, -0.2) is 108 Å². The summed E-state index contributed by atoms with van der Waals surface area (Å²) in [5, 5.41) is 0. The number of rotatable bonds is 12. The van der Waals surface area contributed by atoms with E-state index >= 15 is 0 Å². The molecular weight excluding hydrogens is 594 g/mol. The molecule has 252 valence electrons. The molecule has 10 heteroatoms. The minimum Gasteiger partial charge on any atom is -0.481 e. The molecule has 3 fully saturated rings. The highest BCUT2D eigenvalue weighted by molar-refractivity contribution is 5.84. The summed E-state index contributed by atoms with van der Waals surface area (Å²) in [6.07, 6.45) is 0.707. The molecule has 0 radical (unpaired) electrons. The average Bonchev–Trinajstić information content (AvgIpc) is 3.06. The van der Waals surface area contributed by atoms with Crippen LogP contribution in [0.25, 0.3) is 0 Å². The van der Waals surface area contributed by atoms with Gasteiger partial charge in [-0.3, -0.25) is 14.6 Å². The van der Waals surface area contributed by atoms with Gasteiger partial charge in [0.2, 0.25) is 17.7 Å². The second-order valence-corrected chi connectivity index (χ2v) is 13.2. The topological polar surface area (TPSA) is 89.5 Å². The number of piperazine rings is 2. The van der Waals surface area contributed by atoms with E-state index in [0.29, 0.717) is 44.7 Å². The number of ether oxygens (including phenoxy) is 4. The van der Waals surface area contributed by atoms with Crippen molar-refractivity contribution >= 4 is 5.91 Å². The van der Waals surface area contributed by atoms with Crippen molar-refractivity contribution in [1.82, 2.24) is 24.7 Å². The highest BCUT2D eigenvalue weighted by atomic mass is 16.5. The van der Waals surface area contributed by atoms with Crippen LogP contribution in [0.3, 0.4) is 0 Å². The average molecular weight is 644 g/mol. The summed E-state index contributed by atoms with van der Waals surface area (Å²) in [6.45, 7) is 13.8. The molecule has 4 heterocycles. The summed E-state index contributed by atoms with van der Waals surface area (Å²) < 4.78 is 23.3. The third kappa shape index (κ3) is 6.96. The van der Waals surface area contributed by atoms with Gasteiger partial charge in [0, 0.05) is 57.3 Å². The molecule has 1 aromatic heterocycles. The molecule has 47 heavy (non-hydrogen) atoms. The zero-order valence-corrected chi connectivity index (χ0v) is 28.4. The van der Waals surface area contributed by atoms with Crippen LogP contribution in [-0.2, 0) is 16.1 Å². The maximum Gasteiger partial charge on any atom is 0.323 e. The third-order valence-corrected chi connectivity index (χ3v) is 9.85. The molecule has 6 rings (SSSR count). The van der Waals surface area contributed by atoms with Crippen LogP contribution in [0.4, 0.5) is 0 Å². The minimum atomic E-state index is -0.386. The van der Waals surface area contributed by atoms with Crippen molar-refractivity contribution in [2.45, 2.75) is 64.8 Å². The first kappa shape index (κ1) is 33.2. The normalized spacial score (nSPS) is 21.3. The minimum absolute atomic E-state index is 0.0905. The Morgan fingerprint density at radius 2 is 1.60 bits per heavy atom. The van der Waals surface area contributed by atoms with Crippen molar-refractivity contribution < 1.29 is 23.7 Å².